The van der Waals surface area contributed by atoms with E-state index in [1.54, 1.807) is 26.0 Å². The molecule has 0 spiro atoms. The van der Waals surface area contributed by atoms with E-state index in [0.717, 1.165) is 4.88 Å². The second-order valence-electron chi connectivity index (χ2n) is 3.97. The van der Waals surface area contributed by atoms with Crippen LogP contribution >= 0.6 is 22.9 Å². The zero-order valence-corrected chi connectivity index (χ0v) is 13.2. The molecule has 0 aliphatic carbocycles. The Kier molecular flexibility index (Phi) is 6.25. The number of amides is 1. The van der Waals surface area contributed by atoms with Crippen LogP contribution in [0.4, 0.5) is 0 Å². The predicted octanol–water partition coefficient (Wildman–Crippen LogP) is 1.56. The van der Waals surface area contributed by atoms with Crippen LogP contribution < -0.4 is 10.0 Å². The Labute approximate surface area is 122 Å². The molecule has 1 rings (SSSR count). The number of sulfonamides is 1. The lowest BCUT2D eigenvalue weighted by atomic mass is 10.1. The molecule has 1 heterocycles. The Bertz CT molecular complexity index is 528. The average molecular weight is 325 g/mol. The number of rotatable bonds is 7. The van der Waals surface area contributed by atoms with Crippen molar-refractivity contribution in [2.75, 3.05) is 18.8 Å². The van der Waals surface area contributed by atoms with Crippen molar-refractivity contribution >= 4 is 38.9 Å². The number of nitrogens with one attached hydrogen (secondary N) is 2. The van der Waals surface area contributed by atoms with Gasteiger partial charge in [0, 0.05) is 18.0 Å². The Morgan fingerprint density at radius 2 is 2.16 bits per heavy atom. The van der Waals surface area contributed by atoms with Gasteiger partial charge in [0.2, 0.25) is 15.9 Å². The molecule has 0 aromatic carbocycles. The lowest BCUT2D eigenvalue weighted by Crippen LogP contribution is -2.35. The topological polar surface area (TPSA) is 75.3 Å². The summed E-state index contributed by atoms with van der Waals surface area (Å²) in [4.78, 5) is 12.7. The molecule has 1 amide bonds. The lowest BCUT2D eigenvalue weighted by molar-refractivity contribution is -0.122. The van der Waals surface area contributed by atoms with Crippen molar-refractivity contribution in [2.24, 2.45) is 0 Å². The van der Waals surface area contributed by atoms with Crippen molar-refractivity contribution in [1.82, 2.24) is 10.0 Å². The van der Waals surface area contributed by atoms with Gasteiger partial charge in [-0.1, -0.05) is 18.5 Å². The number of thiophene rings is 1. The van der Waals surface area contributed by atoms with Crippen LogP contribution in [-0.4, -0.2) is 33.2 Å². The highest BCUT2D eigenvalue weighted by atomic mass is 35.5. The van der Waals surface area contributed by atoms with Gasteiger partial charge in [-0.25, -0.2) is 13.1 Å². The van der Waals surface area contributed by atoms with Gasteiger partial charge in [0.25, 0.3) is 0 Å². The van der Waals surface area contributed by atoms with E-state index in [0.29, 0.717) is 10.9 Å². The third kappa shape index (κ3) is 5.48. The average Bonchev–Trinajstić information content (AvgIpc) is 2.74. The summed E-state index contributed by atoms with van der Waals surface area (Å²) in [6, 6.07) is 3.54. The maximum Gasteiger partial charge on any atom is 0.228 e. The van der Waals surface area contributed by atoms with Crippen molar-refractivity contribution in [3.63, 3.8) is 0 Å². The molecule has 1 aromatic rings. The van der Waals surface area contributed by atoms with E-state index in [1.807, 2.05) is 0 Å². The summed E-state index contributed by atoms with van der Waals surface area (Å²) in [6.07, 6.45) is 0. The minimum Gasteiger partial charge on any atom is -0.354 e. The monoisotopic (exact) mass is 324 g/mol. The van der Waals surface area contributed by atoms with Crippen LogP contribution in [0.5, 0.6) is 0 Å². The molecule has 8 heteroatoms. The fourth-order valence-electron chi connectivity index (χ4n) is 1.44. The number of hydrogen-bond donors (Lipinski definition) is 2. The molecule has 5 nitrogen and oxygen atoms in total. The van der Waals surface area contributed by atoms with Gasteiger partial charge < -0.3 is 5.32 Å². The molecule has 1 atom stereocenters. The zero-order valence-electron chi connectivity index (χ0n) is 10.8. The Morgan fingerprint density at radius 3 is 2.68 bits per heavy atom. The minimum absolute atomic E-state index is 0.0949. The first-order chi connectivity index (χ1) is 8.85. The first-order valence-electron chi connectivity index (χ1n) is 5.86. The van der Waals surface area contributed by atoms with E-state index < -0.39 is 10.0 Å². The van der Waals surface area contributed by atoms with Crippen LogP contribution in [0.2, 0.25) is 4.34 Å². The zero-order chi connectivity index (χ0) is 14.5. The van der Waals surface area contributed by atoms with E-state index in [4.69, 9.17) is 11.6 Å². The summed E-state index contributed by atoms with van der Waals surface area (Å²) >= 11 is 7.15. The van der Waals surface area contributed by atoms with Gasteiger partial charge in [-0.3, -0.25) is 4.79 Å². The van der Waals surface area contributed by atoms with Crippen LogP contribution in [0.3, 0.4) is 0 Å². The van der Waals surface area contributed by atoms with E-state index >= 15 is 0 Å². The molecule has 0 aliphatic heterocycles. The molecule has 0 bridgehead atoms. The van der Waals surface area contributed by atoms with E-state index in [9.17, 15) is 13.2 Å². The molecule has 2 N–H and O–H groups in total. The number of carbonyl (C=O) groups is 1. The van der Waals surface area contributed by atoms with Gasteiger partial charge in [0.05, 0.1) is 16.0 Å². The number of carbonyl (C=O) groups excluding carboxylic acids is 1. The highest BCUT2D eigenvalue weighted by Crippen LogP contribution is 2.27. The third-order valence-corrected chi connectivity index (χ3v) is 5.33. The molecule has 0 saturated heterocycles. The molecule has 0 fully saturated rings. The number of halogens is 1. The summed E-state index contributed by atoms with van der Waals surface area (Å²) in [7, 11) is -3.30. The van der Waals surface area contributed by atoms with Crippen molar-refractivity contribution in [3.8, 4) is 0 Å². The maximum absolute atomic E-state index is 11.8. The summed E-state index contributed by atoms with van der Waals surface area (Å²) in [5, 5.41) is 2.61. The van der Waals surface area contributed by atoms with Gasteiger partial charge in [-0.05, 0) is 19.1 Å². The molecule has 108 valence electrons. The maximum atomic E-state index is 11.8. The second kappa shape index (κ2) is 7.23. The van der Waals surface area contributed by atoms with Crippen molar-refractivity contribution in [2.45, 2.75) is 19.8 Å². The van der Waals surface area contributed by atoms with Crippen LogP contribution in [0.25, 0.3) is 0 Å². The Hall–Kier alpha value is -0.630. The van der Waals surface area contributed by atoms with Gasteiger partial charge in [0.15, 0.2) is 0 Å². The third-order valence-electron chi connectivity index (χ3n) is 2.45. The minimum atomic E-state index is -3.30. The van der Waals surface area contributed by atoms with Gasteiger partial charge in [0.1, 0.15) is 0 Å². The Morgan fingerprint density at radius 1 is 1.47 bits per heavy atom. The standard InChI is InChI=1S/C11H17ClN2O3S2/c1-3-14-19(16,17)7-6-13-11(15)8(2)9-4-5-10(12)18-9/h4-5,8,14H,3,6-7H2,1-2H3,(H,13,15)/t8-/m1/s1. The van der Waals surface area contributed by atoms with E-state index in [2.05, 4.69) is 10.0 Å². The molecule has 0 aliphatic rings. The molecular weight excluding hydrogens is 308 g/mol. The smallest absolute Gasteiger partial charge is 0.228 e. The highest BCUT2D eigenvalue weighted by molar-refractivity contribution is 7.89. The van der Waals surface area contributed by atoms with Crippen LogP contribution in [-0.2, 0) is 14.8 Å². The fourth-order valence-corrected chi connectivity index (χ4v) is 3.51. The first kappa shape index (κ1) is 16.4. The van der Waals surface area contributed by atoms with Gasteiger partial charge in [-0.15, -0.1) is 11.3 Å². The predicted molar refractivity (Wildman–Crippen MR) is 78.2 cm³/mol. The first-order valence-corrected chi connectivity index (χ1v) is 8.70. The largest absolute Gasteiger partial charge is 0.354 e. The normalized spacial score (nSPS) is 13.2. The van der Waals surface area contributed by atoms with E-state index in [1.165, 1.54) is 11.3 Å². The van der Waals surface area contributed by atoms with Crippen LogP contribution in [0, 0.1) is 0 Å². The SMILES string of the molecule is CCNS(=O)(=O)CCNC(=O)[C@H](C)c1ccc(Cl)s1. The van der Waals surface area contributed by atoms with Gasteiger partial charge in [-0.2, -0.15) is 0 Å². The summed E-state index contributed by atoms with van der Waals surface area (Å²) in [6.45, 7) is 3.91. The molecule has 19 heavy (non-hydrogen) atoms. The summed E-state index contributed by atoms with van der Waals surface area (Å²) < 4.78 is 25.7. The summed E-state index contributed by atoms with van der Waals surface area (Å²) in [5.74, 6) is -0.658. The van der Waals surface area contributed by atoms with Crippen molar-refractivity contribution in [1.29, 1.82) is 0 Å². The molecule has 1 aromatic heterocycles. The van der Waals surface area contributed by atoms with Gasteiger partial charge >= 0.3 is 0 Å². The van der Waals surface area contributed by atoms with Crippen LogP contribution in [0.1, 0.15) is 24.6 Å². The summed E-state index contributed by atoms with van der Waals surface area (Å²) in [5.41, 5.74) is 0. The van der Waals surface area contributed by atoms with E-state index in [-0.39, 0.29) is 24.1 Å². The number of hydrogen-bond acceptors (Lipinski definition) is 4. The molecular formula is C11H17ClN2O3S2. The quantitative estimate of drug-likeness (QED) is 0.799. The molecule has 0 unspecified atom stereocenters. The second-order valence-corrected chi connectivity index (χ2v) is 7.64. The highest BCUT2D eigenvalue weighted by Gasteiger charge is 2.17. The van der Waals surface area contributed by atoms with Crippen LogP contribution in [0.15, 0.2) is 12.1 Å². The fraction of sp³-hybridized carbons (Fsp3) is 0.545. The molecule has 0 saturated carbocycles. The van der Waals surface area contributed by atoms with Crippen molar-refractivity contribution < 1.29 is 13.2 Å². The lowest BCUT2D eigenvalue weighted by Gasteiger charge is -2.10. The Balaban J connectivity index is 2.44. The van der Waals surface area contributed by atoms with Crippen molar-refractivity contribution in [3.05, 3.63) is 21.3 Å². The molecule has 0 radical (unpaired) electrons.